The van der Waals surface area contributed by atoms with Gasteiger partial charge in [-0.05, 0) is 42.0 Å². The van der Waals surface area contributed by atoms with E-state index in [2.05, 4.69) is 25.2 Å². The van der Waals surface area contributed by atoms with Gasteiger partial charge in [0.1, 0.15) is 17.6 Å². The molecule has 0 N–H and O–H groups in total. The van der Waals surface area contributed by atoms with Crippen LogP contribution in [-0.2, 0) is 17.9 Å². The van der Waals surface area contributed by atoms with Crippen molar-refractivity contribution in [1.29, 1.82) is 0 Å². The molecular formula is C21H16F3N5O4. The molecule has 0 aliphatic carbocycles. The summed E-state index contributed by atoms with van der Waals surface area (Å²) in [5, 5.41) is 12.2. The number of hydrogen-bond donors (Lipinski definition) is 0. The van der Waals surface area contributed by atoms with Crippen molar-refractivity contribution in [2.45, 2.75) is 25.6 Å². The maximum Gasteiger partial charge on any atom is 0.573 e. The van der Waals surface area contributed by atoms with Crippen molar-refractivity contribution in [3.05, 3.63) is 59.8 Å². The molecule has 0 spiro atoms. The molecule has 4 aromatic rings. The molecule has 0 radical (unpaired) electrons. The van der Waals surface area contributed by atoms with Gasteiger partial charge in [-0.25, -0.2) is 4.68 Å². The van der Waals surface area contributed by atoms with Crippen LogP contribution >= 0.6 is 0 Å². The highest BCUT2D eigenvalue weighted by atomic mass is 19.4. The fourth-order valence-electron chi connectivity index (χ4n) is 3.44. The van der Waals surface area contributed by atoms with Gasteiger partial charge in [-0.1, -0.05) is 22.5 Å². The summed E-state index contributed by atoms with van der Waals surface area (Å²) in [6.07, 6.45) is -4.96. The highest BCUT2D eigenvalue weighted by Crippen LogP contribution is 2.32. The van der Waals surface area contributed by atoms with E-state index in [1.165, 1.54) is 24.3 Å². The quantitative estimate of drug-likeness (QED) is 0.439. The molecule has 0 saturated heterocycles. The smallest absolute Gasteiger partial charge is 0.497 e. The van der Waals surface area contributed by atoms with E-state index in [4.69, 9.17) is 14.0 Å². The highest BCUT2D eigenvalue weighted by Gasteiger charge is 2.31. The Morgan fingerprint density at radius 3 is 2.45 bits per heavy atom. The Labute approximate surface area is 184 Å². The van der Waals surface area contributed by atoms with E-state index >= 15 is 0 Å². The first-order valence-electron chi connectivity index (χ1n) is 9.78. The molecule has 12 heteroatoms. The van der Waals surface area contributed by atoms with Crippen molar-refractivity contribution in [1.82, 2.24) is 25.1 Å². The van der Waals surface area contributed by atoms with Crippen LogP contribution < -0.4 is 9.47 Å². The molecule has 2 aromatic carbocycles. The van der Waals surface area contributed by atoms with Gasteiger partial charge in [0.25, 0.3) is 5.89 Å². The maximum atomic E-state index is 12.3. The first kappa shape index (κ1) is 20.9. The Morgan fingerprint density at radius 1 is 1.03 bits per heavy atom. The van der Waals surface area contributed by atoms with Gasteiger partial charge in [-0.2, -0.15) is 4.98 Å². The number of benzene rings is 2. The Kier molecular flexibility index (Phi) is 5.21. The predicted molar refractivity (Wildman–Crippen MR) is 106 cm³/mol. The van der Waals surface area contributed by atoms with Crippen molar-refractivity contribution >= 4 is 0 Å². The lowest BCUT2D eigenvalue weighted by Crippen LogP contribution is -2.22. The predicted octanol–water partition coefficient (Wildman–Crippen LogP) is 4.17. The molecule has 33 heavy (non-hydrogen) atoms. The molecule has 1 atom stereocenters. The second kappa shape index (κ2) is 8.20. The van der Waals surface area contributed by atoms with Crippen LogP contribution in [0.15, 0.2) is 53.1 Å². The topological polar surface area (TPSA) is 97.3 Å². The summed E-state index contributed by atoms with van der Waals surface area (Å²) in [6.45, 7) is 0.691. The number of methoxy groups -OCH3 is 1. The van der Waals surface area contributed by atoms with Gasteiger partial charge >= 0.3 is 6.36 Å². The second-order valence-corrected chi connectivity index (χ2v) is 7.13. The second-order valence-electron chi connectivity index (χ2n) is 7.13. The van der Waals surface area contributed by atoms with Crippen molar-refractivity contribution in [2.24, 2.45) is 0 Å². The number of aromatic nitrogens is 5. The average molecular weight is 459 g/mol. The summed E-state index contributed by atoms with van der Waals surface area (Å²) in [5.74, 6) is 0.741. The van der Waals surface area contributed by atoms with Crippen molar-refractivity contribution in [3.63, 3.8) is 0 Å². The zero-order valence-corrected chi connectivity index (χ0v) is 17.1. The standard InChI is InChI=1S/C21H16F3N5O4/c1-30-14-6-2-12(3-7-14)17-10-29-16(11-31-17)18(26-28-29)20-25-19(27-33-20)13-4-8-15(9-5-13)32-21(22,23)24/h2-9,17H,10-11H2,1H3. The Bertz CT molecular complexity index is 1250. The molecule has 0 bridgehead atoms. The number of ether oxygens (including phenoxy) is 3. The van der Waals surface area contributed by atoms with Crippen LogP contribution in [0.5, 0.6) is 11.5 Å². The minimum absolute atomic E-state index is 0.133. The molecule has 0 saturated carbocycles. The third-order valence-electron chi connectivity index (χ3n) is 5.06. The highest BCUT2D eigenvalue weighted by molar-refractivity contribution is 5.59. The van der Waals surface area contributed by atoms with Gasteiger partial charge in [0, 0.05) is 5.56 Å². The van der Waals surface area contributed by atoms with E-state index in [-0.39, 0.29) is 30.2 Å². The average Bonchev–Trinajstić information content (AvgIpc) is 3.45. The lowest BCUT2D eigenvalue weighted by atomic mass is 10.1. The molecule has 1 aliphatic heterocycles. The lowest BCUT2D eigenvalue weighted by Gasteiger charge is -2.24. The summed E-state index contributed by atoms with van der Waals surface area (Å²) < 4.78 is 59.0. The fraction of sp³-hybridized carbons (Fsp3) is 0.238. The number of rotatable bonds is 5. The summed E-state index contributed by atoms with van der Waals surface area (Å²) in [5.41, 5.74) is 2.51. The first-order chi connectivity index (χ1) is 15.9. The molecule has 1 aliphatic rings. The molecule has 0 amide bonds. The third-order valence-corrected chi connectivity index (χ3v) is 5.06. The van der Waals surface area contributed by atoms with E-state index in [1.54, 1.807) is 11.8 Å². The molecule has 170 valence electrons. The fourth-order valence-corrected chi connectivity index (χ4v) is 3.44. The first-order valence-corrected chi connectivity index (χ1v) is 9.78. The Hall–Kier alpha value is -3.93. The third kappa shape index (κ3) is 4.37. The normalized spacial score (nSPS) is 15.8. The van der Waals surface area contributed by atoms with Crippen LogP contribution in [0.1, 0.15) is 17.4 Å². The van der Waals surface area contributed by atoms with Crippen molar-refractivity contribution in [2.75, 3.05) is 7.11 Å². The van der Waals surface area contributed by atoms with Crippen molar-refractivity contribution < 1.29 is 31.9 Å². The lowest BCUT2D eigenvalue weighted by molar-refractivity contribution is -0.274. The van der Waals surface area contributed by atoms with Gasteiger partial charge in [-0.3, -0.25) is 0 Å². The van der Waals surface area contributed by atoms with E-state index in [0.29, 0.717) is 23.5 Å². The molecule has 0 fully saturated rings. The summed E-state index contributed by atoms with van der Waals surface area (Å²) in [4.78, 5) is 4.31. The van der Waals surface area contributed by atoms with E-state index in [9.17, 15) is 13.2 Å². The van der Waals surface area contributed by atoms with E-state index in [1.807, 2.05) is 24.3 Å². The molecule has 3 heterocycles. The largest absolute Gasteiger partial charge is 0.573 e. The van der Waals surface area contributed by atoms with Gasteiger partial charge in [0.2, 0.25) is 5.82 Å². The number of halogens is 3. The number of fused-ring (bicyclic) bond motifs is 1. The van der Waals surface area contributed by atoms with Gasteiger partial charge in [0.15, 0.2) is 5.69 Å². The molecule has 5 rings (SSSR count). The van der Waals surface area contributed by atoms with Crippen molar-refractivity contribution in [3.8, 4) is 34.5 Å². The Balaban J connectivity index is 1.33. The molecule has 9 nitrogen and oxygen atoms in total. The van der Waals surface area contributed by atoms with E-state index < -0.39 is 6.36 Å². The zero-order valence-electron chi connectivity index (χ0n) is 17.1. The van der Waals surface area contributed by atoms with Crippen LogP contribution in [0.2, 0.25) is 0 Å². The summed E-state index contributed by atoms with van der Waals surface area (Å²) >= 11 is 0. The number of hydrogen-bond acceptors (Lipinski definition) is 8. The maximum absolute atomic E-state index is 12.3. The monoisotopic (exact) mass is 459 g/mol. The SMILES string of the molecule is COc1ccc(C2Cn3nnc(-c4nc(-c5ccc(OC(F)(F)F)cc5)no4)c3CO2)cc1. The molecular weight excluding hydrogens is 443 g/mol. The van der Waals surface area contributed by atoms with Crippen LogP contribution in [0.4, 0.5) is 13.2 Å². The van der Waals surface area contributed by atoms with Crippen LogP contribution in [0.25, 0.3) is 23.0 Å². The minimum Gasteiger partial charge on any atom is -0.497 e. The summed E-state index contributed by atoms with van der Waals surface area (Å²) in [7, 11) is 1.61. The minimum atomic E-state index is -4.76. The number of nitrogens with zero attached hydrogens (tertiary/aromatic N) is 5. The number of alkyl halides is 3. The van der Waals surface area contributed by atoms with Gasteiger partial charge < -0.3 is 18.7 Å². The van der Waals surface area contributed by atoms with Gasteiger partial charge in [0.05, 0.1) is 26.0 Å². The molecule has 2 aromatic heterocycles. The summed E-state index contributed by atoms with van der Waals surface area (Å²) in [6, 6.07) is 12.7. The van der Waals surface area contributed by atoms with Crippen LogP contribution in [0, 0.1) is 0 Å². The van der Waals surface area contributed by atoms with Crippen LogP contribution in [0.3, 0.4) is 0 Å². The zero-order chi connectivity index (χ0) is 23.0. The Morgan fingerprint density at radius 2 is 1.76 bits per heavy atom. The molecule has 1 unspecified atom stereocenters. The van der Waals surface area contributed by atoms with Gasteiger partial charge in [-0.15, -0.1) is 18.3 Å². The van der Waals surface area contributed by atoms with Crippen LogP contribution in [-0.4, -0.2) is 38.6 Å². The van der Waals surface area contributed by atoms with E-state index in [0.717, 1.165) is 11.3 Å².